The molecule has 0 amide bonds. The molecule has 0 fully saturated rings. The Morgan fingerprint density at radius 3 is 2.53 bits per heavy atom. The molecule has 0 aliphatic rings. The van der Waals surface area contributed by atoms with Crippen molar-refractivity contribution in [3.63, 3.8) is 0 Å². The highest BCUT2D eigenvalue weighted by molar-refractivity contribution is 7.10. The van der Waals surface area contributed by atoms with Gasteiger partial charge in [0.1, 0.15) is 10.7 Å². The summed E-state index contributed by atoms with van der Waals surface area (Å²) < 4.78 is 3.89. The molecule has 5 nitrogen and oxygen atoms in total. The Morgan fingerprint density at radius 1 is 1.33 bits per heavy atom. The van der Waals surface area contributed by atoms with Gasteiger partial charge in [0.15, 0.2) is 0 Å². The highest BCUT2D eigenvalue weighted by Crippen LogP contribution is 2.17. The molecule has 0 saturated carbocycles. The van der Waals surface area contributed by atoms with E-state index in [1.165, 1.54) is 11.5 Å². The molecule has 6 heteroatoms. The largest absolute Gasteiger partial charge is 0.313 e. The fourth-order valence-corrected chi connectivity index (χ4v) is 2.02. The van der Waals surface area contributed by atoms with E-state index in [1.54, 1.807) is 0 Å². The van der Waals surface area contributed by atoms with Crippen molar-refractivity contribution in [1.82, 2.24) is 14.5 Å². The molecule has 0 atom stereocenters. The molecule has 0 unspecified atom stereocenters. The van der Waals surface area contributed by atoms with E-state index in [1.807, 2.05) is 0 Å². The van der Waals surface area contributed by atoms with Crippen LogP contribution in [0, 0.1) is 0 Å². The lowest BCUT2D eigenvalue weighted by atomic mass is 10.3. The molecule has 15 heavy (non-hydrogen) atoms. The quantitative estimate of drug-likeness (QED) is 0.547. The molecule has 3 N–H and O–H groups in total. The van der Waals surface area contributed by atoms with Gasteiger partial charge in [-0.2, -0.15) is 0 Å². The van der Waals surface area contributed by atoms with Crippen LogP contribution in [0.3, 0.4) is 0 Å². The summed E-state index contributed by atoms with van der Waals surface area (Å²) in [5, 5.41) is 4.94. The fraction of sp³-hybridized carbons (Fsp3) is 0.778. The molecule has 0 radical (unpaired) electrons. The average Bonchev–Trinajstić information content (AvgIpc) is 2.66. The van der Waals surface area contributed by atoms with Gasteiger partial charge in [0, 0.05) is 18.1 Å². The Bertz CT molecular complexity index is 269. The van der Waals surface area contributed by atoms with Crippen molar-refractivity contribution in [3.05, 3.63) is 5.69 Å². The zero-order chi connectivity index (χ0) is 11.1. The van der Waals surface area contributed by atoms with Crippen LogP contribution in [0.25, 0.3) is 0 Å². The number of aromatic nitrogens is 2. The molecule has 1 aromatic heterocycles. The van der Waals surface area contributed by atoms with E-state index in [2.05, 4.69) is 33.8 Å². The maximum absolute atomic E-state index is 5.38. The lowest BCUT2D eigenvalue weighted by molar-refractivity contribution is 0.264. The second-order valence-corrected chi connectivity index (χ2v) is 4.22. The SMILES string of the molecule is CCCN(CCC)Cc1nnsc1NN. The zero-order valence-corrected chi connectivity index (χ0v) is 10.2. The van der Waals surface area contributed by atoms with Gasteiger partial charge in [0.2, 0.25) is 0 Å². The minimum atomic E-state index is 0.831. The fourth-order valence-electron chi connectivity index (χ4n) is 1.54. The average molecular weight is 229 g/mol. The van der Waals surface area contributed by atoms with Gasteiger partial charge in [-0.25, -0.2) is 5.84 Å². The van der Waals surface area contributed by atoms with Crippen LogP contribution in [0.4, 0.5) is 5.00 Å². The maximum Gasteiger partial charge on any atom is 0.148 e. The molecule has 1 heterocycles. The molecule has 0 spiro atoms. The lowest BCUT2D eigenvalue weighted by Crippen LogP contribution is -2.25. The van der Waals surface area contributed by atoms with Crippen LogP contribution in [0.15, 0.2) is 0 Å². The number of nitrogens with two attached hydrogens (primary N) is 1. The van der Waals surface area contributed by atoms with E-state index >= 15 is 0 Å². The van der Waals surface area contributed by atoms with E-state index in [9.17, 15) is 0 Å². The second kappa shape index (κ2) is 6.71. The third-order valence-electron chi connectivity index (χ3n) is 2.14. The summed E-state index contributed by atoms with van der Waals surface area (Å²) in [5.74, 6) is 5.38. The molecule has 0 bridgehead atoms. The van der Waals surface area contributed by atoms with E-state index < -0.39 is 0 Å². The highest BCUT2D eigenvalue weighted by Gasteiger charge is 2.11. The Kier molecular flexibility index (Phi) is 5.52. The Morgan fingerprint density at radius 2 is 2.00 bits per heavy atom. The predicted octanol–water partition coefficient (Wildman–Crippen LogP) is 1.45. The van der Waals surface area contributed by atoms with Gasteiger partial charge in [-0.15, -0.1) is 5.10 Å². The van der Waals surface area contributed by atoms with E-state index in [4.69, 9.17) is 5.84 Å². The number of hydrogen-bond donors (Lipinski definition) is 2. The molecule has 86 valence electrons. The first-order valence-corrected chi connectivity index (χ1v) is 6.09. The number of nitrogen functional groups attached to an aromatic ring is 1. The normalized spacial score (nSPS) is 10.9. The highest BCUT2D eigenvalue weighted by atomic mass is 32.1. The molecule has 0 saturated heterocycles. The monoisotopic (exact) mass is 229 g/mol. The standard InChI is InChI=1S/C9H19N5S/c1-3-5-14(6-4-2)7-8-9(11-10)15-13-12-8/h11H,3-7,10H2,1-2H3. The third-order valence-corrected chi connectivity index (χ3v) is 2.84. The van der Waals surface area contributed by atoms with Crippen molar-refractivity contribution in [2.75, 3.05) is 18.5 Å². The maximum atomic E-state index is 5.38. The summed E-state index contributed by atoms with van der Waals surface area (Å²) in [6, 6.07) is 0. The Labute approximate surface area is 94.8 Å². The van der Waals surface area contributed by atoms with Crippen LogP contribution in [-0.2, 0) is 6.54 Å². The van der Waals surface area contributed by atoms with Gasteiger partial charge < -0.3 is 5.43 Å². The molecular formula is C9H19N5S. The number of hydrogen-bond acceptors (Lipinski definition) is 6. The number of rotatable bonds is 7. The van der Waals surface area contributed by atoms with Crippen molar-refractivity contribution in [3.8, 4) is 0 Å². The van der Waals surface area contributed by atoms with Crippen LogP contribution in [0.1, 0.15) is 32.4 Å². The van der Waals surface area contributed by atoms with Crippen LogP contribution >= 0.6 is 11.5 Å². The summed E-state index contributed by atoms with van der Waals surface area (Å²) in [7, 11) is 0. The second-order valence-electron chi connectivity index (χ2n) is 3.47. The number of hydrazine groups is 1. The van der Waals surface area contributed by atoms with E-state index in [0.29, 0.717) is 0 Å². The minimum Gasteiger partial charge on any atom is -0.313 e. The minimum absolute atomic E-state index is 0.831. The first-order chi connectivity index (χ1) is 7.31. The van der Waals surface area contributed by atoms with E-state index in [0.717, 1.165) is 43.2 Å². The summed E-state index contributed by atoms with van der Waals surface area (Å²) in [6.45, 7) is 7.39. The third kappa shape index (κ3) is 3.73. The Hall–Kier alpha value is -0.720. The summed E-state index contributed by atoms with van der Waals surface area (Å²) >= 11 is 1.30. The molecule has 0 aromatic carbocycles. The van der Waals surface area contributed by atoms with Crippen LogP contribution < -0.4 is 11.3 Å². The van der Waals surface area contributed by atoms with Crippen LogP contribution in [0.2, 0.25) is 0 Å². The molecule has 0 aliphatic heterocycles. The topological polar surface area (TPSA) is 67.1 Å². The van der Waals surface area contributed by atoms with Crippen molar-refractivity contribution in [1.29, 1.82) is 0 Å². The van der Waals surface area contributed by atoms with Gasteiger partial charge in [-0.05, 0) is 25.9 Å². The number of nitrogens with one attached hydrogen (secondary N) is 1. The molecule has 1 rings (SSSR count). The summed E-state index contributed by atoms with van der Waals surface area (Å²) in [6.07, 6.45) is 2.31. The van der Waals surface area contributed by atoms with Crippen molar-refractivity contribution < 1.29 is 0 Å². The molecule has 0 aliphatic carbocycles. The smallest absolute Gasteiger partial charge is 0.148 e. The summed E-state index contributed by atoms with van der Waals surface area (Å²) in [5.41, 5.74) is 3.58. The first-order valence-electron chi connectivity index (χ1n) is 5.32. The van der Waals surface area contributed by atoms with Crippen molar-refractivity contribution >= 4 is 16.5 Å². The number of nitrogens with zero attached hydrogens (tertiary/aromatic N) is 3. The van der Waals surface area contributed by atoms with Crippen LogP contribution in [0.5, 0.6) is 0 Å². The van der Waals surface area contributed by atoms with Crippen molar-refractivity contribution in [2.24, 2.45) is 5.84 Å². The summed E-state index contributed by atoms with van der Waals surface area (Å²) in [4.78, 5) is 2.37. The van der Waals surface area contributed by atoms with Gasteiger partial charge >= 0.3 is 0 Å². The van der Waals surface area contributed by atoms with E-state index in [-0.39, 0.29) is 0 Å². The Balaban J connectivity index is 2.56. The molecule has 1 aromatic rings. The van der Waals surface area contributed by atoms with Gasteiger partial charge in [-0.1, -0.05) is 18.3 Å². The van der Waals surface area contributed by atoms with Gasteiger partial charge in [0.05, 0.1) is 0 Å². The lowest BCUT2D eigenvalue weighted by Gasteiger charge is -2.19. The van der Waals surface area contributed by atoms with Crippen molar-refractivity contribution in [2.45, 2.75) is 33.2 Å². The predicted molar refractivity (Wildman–Crippen MR) is 63.6 cm³/mol. The zero-order valence-electron chi connectivity index (χ0n) is 9.36. The molecular weight excluding hydrogens is 210 g/mol. The van der Waals surface area contributed by atoms with Gasteiger partial charge in [0.25, 0.3) is 0 Å². The first kappa shape index (κ1) is 12.4. The number of anilines is 1. The van der Waals surface area contributed by atoms with Gasteiger partial charge in [-0.3, -0.25) is 4.90 Å². The van der Waals surface area contributed by atoms with Crippen LogP contribution in [-0.4, -0.2) is 27.6 Å².